The van der Waals surface area contributed by atoms with E-state index in [0.29, 0.717) is 17.4 Å². The molecule has 1 saturated carbocycles. The lowest BCUT2D eigenvalue weighted by Gasteiger charge is -2.19. The third-order valence-electron chi connectivity index (χ3n) is 4.05. The lowest BCUT2D eigenvalue weighted by molar-refractivity contribution is 0.439. The van der Waals surface area contributed by atoms with Gasteiger partial charge in [-0.25, -0.2) is 14.4 Å². The Morgan fingerprint density at radius 2 is 1.75 bits per heavy atom. The summed E-state index contributed by atoms with van der Waals surface area (Å²) in [4.78, 5) is 8.88. The van der Waals surface area contributed by atoms with Gasteiger partial charge in [-0.2, -0.15) is 0 Å². The minimum absolute atomic E-state index is 0.298. The normalized spacial score (nSPS) is 17.6. The predicted octanol–water partition coefficient (Wildman–Crippen LogP) is 4.57. The number of nitrogens with zero attached hydrogens (tertiary/aromatic N) is 2. The molecule has 112 valence electrons. The van der Waals surface area contributed by atoms with Gasteiger partial charge in [-0.3, -0.25) is 0 Å². The van der Waals surface area contributed by atoms with Crippen LogP contribution in [0.2, 0.25) is 0 Å². The molecule has 20 heavy (non-hydrogen) atoms. The Kier molecular flexibility index (Phi) is 5.74. The van der Waals surface area contributed by atoms with E-state index in [1.165, 1.54) is 32.1 Å². The highest BCUT2D eigenvalue weighted by molar-refractivity contribution is 5.38. The van der Waals surface area contributed by atoms with Gasteiger partial charge in [-0.15, -0.1) is 0 Å². The average Bonchev–Trinajstić information content (AvgIpc) is 2.40. The fraction of sp³-hybridized carbons (Fsp3) is 0.750. The lowest BCUT2D eigenvalue weighted by Crippen LogP contribution is -2.13. The molecule has 0 aliphatic heterocycles. The molecule has 1 aromatic rings. The first-order chi connectivity index (χ1) is 9.72. The summed E-state index contributed by atoms with van der Waals surface area (Å²) in [5, 5.41) is 3.08. The van der Waals surface area contributed by atoms with Crippen LogP contribution in [0, 0.1) is 12.7 Å². The van der Waals surface area contributed by atoms with Crippen molar-refractivity contribution in [2.45, 2.75) is 71.1 Å². The zero-order valence-electron chi connectivity index (χ0n) is 12.7. The van der Waals surface area contributed by atoms with Crippen LogP contribution in [0.5, 0.6) is 0 Å². The Morgan fingerprint density at radius 1 is 1.10 bits per heavy atom. The zero-order chi connectivity index (χ0) is 14.4. The van der Waals surface area contributed by atoms with Crippen LogP contribution >= 0.6 is 0 Å². The van der Waals surface area contributed by atoms with Crippen molar-refractivity contribution < 1.29 is 4.39 Å². The Morgan fingerprint density at radius 3 is 2.40 bits per heavy atom. The van der Waals surface area contributed by atoms with Crippen molar-refractivity contribution in [2.75, 3.05) is 11.9 Å². The van der Waals surface area contributed by atoms with Gasteiger partial charge in [0.05, 0.1) is 5.69 Å². The first kappa shape index (κ1) is 15.2. The average molecular weight is 279 g/mol. The molecule has 0 unspecified atom stereocenters. The molecule has 1 aromatic heterocycles. The fourth-order valence-corrected chi connectivity index (χ4v) is 2.84. The Hall–Kier alpha value is -1.19. The number of hydrogen-bond donors (Lipinski definition) is 1. The van der Waals surface area contributed by atoms with Gasteiger partial charge in [0, 0.05) is 12.5 Å². The molecule has 2 rings (SSSR count). The Bertz CT molecular complexity index is 426. The molecule has 1 aliphatic rings. The molecule has 1 N–H and O–H groups in total. The van der Waals surface area contributed by atoms with Crippen molar-refractivity contribution in [1.29, 1.82) is 0 Å². The molecule has 0 radical (unpaired) electrons. The quantitative estimate of drug-likeness (QED) is 0.877. The summed E-state index contributed by atoms with van der Waals surface area (Å²) in [5.74, 6) is 1.32. The largest absolute Gasteiger partial charge is 0.368 e. The highest BCUT2D eigenvalue weighted by Crippen LogP contribution is 2.30. The van der Waals surface area contributed by atoms with E-state index in [-0.39, 0.29) is 5.82 Å². The van der Waals surface area contributed by atoms with E-state index in [1.807, 2.05) is 0 Å². The summed E-state index contributed by atoms with van der Waals surface area (Å²) in [6.07, 6.45) is 9.66. The van der Waals surface area contributed by atoms with Crippen molar-refractivity contribution in [3.8, 4) is 0 Å². The van der Waals surface area contributed by atoms with Gasteiger partial charge in [-0.1, -0.05) is 39.0 Å². The van der Waals surface area contributed by atoms with E-state index in [1.54, 1.807) is 6.92 Å². The third-order valence-corrected chi connectivity index (χ3v) is 4.05. The van der Waals surface area contributed by atoms with Crippen molar-refractivity contribution in [3.63, 3.8) is 0 Å². The monoisotopic (exact) mass is 279 g/mol. The highest BCUT2D eigenvalue weighted by Gasteiger charge is 2.19. The molecule has 1 heterocycles. The minimum Gasteiger partial charge on any atom is -0.368 e. The molecule has 0 aromatic carbocycles. The third kappa shape index (κ3) is 3.90. The summed E-state index contributed by atoms with van der Waals surface area (Å²) < 4.78 is 14.0. The van der Waals surface area contributed by atoms with E-state index in [0.717, 1.165) is 31.6 Å². The number of hydrogen-bond acceptors (Lipinski definition) is 3. The maximum Gasteiger partial charge on any atom is 0.186 e. The number of aromatic nitrogens is 2. The maximum absolute atomic E-state index is 14.0. The lowest BCUT2D eigenvalue weighted by atomic mass is 9.90. The molecule has 0 bridgehead atoms. The SMILES string of the molecule is CCCNc1nc(C2CCCCCCC2)nc(C)c1F. The number of rotatable bonds is 4. The topological polar surface area (TPSA) is 37.8 Å². The molecule has 0 saturated heterocycles. The first-order valence-corrected chi connectivity index (χ1v) is 8.00. The van der Waals surface area contributed by atoms with Crippen LogP contribution in [-0.4, -0.2) is 16.5 Å². The van der Waals surface area contributed by atoms with Gasteiger partial charge in [0.1, 0.15) is 5.82 Å². The van der Waals surface area contributed by atoms with Gasteiger partial charge >= 0.3 is 0 Å². The van der Waals surface area contributed by atoms with Crippen LogP contribution < -0.4 is 5.32 Å². The number of nitrogens with one attached hydrogen (secondary N) is 1. The van der Waals surface area contributed by atoms with Crippen molar-refractivity contribution in [3.05, 3.63) is 17.3 Å². The van der Waals surface area contributed by atoms with Crippen LogP contribution in [0.15, 0.2) is 0 Å². The number of aryl methyl sites for hydroxylation is 1. The van der Waals surface area contributed by atoms with Crippen molar-refractivity contribution >= 4 is 5.82 Å². The molecule has 3 nitrogen and oxygen atoms in total. The van der Waals surface area contributed by atoms with Crippen molar-refractivity contribution in [1.82, 2.24) is 9.97 Å². The summed E-state index contributed by atoms with van der Waals surface area (Å²) in [5.41, 5.74) is 0.468. The van der Waals surface area contributed by atoms with Crippen LogP contribution in [0.25, 0.3) is 0 Å². The van der Waals surface area contributed by atoms with Crippen LogP contribution in [0.4, 0.5) is 10.2 Å². The molecule has 0 spiro atoms. The zero-order valence-corrected chi connectivity index (χ0v) is 12.7. The number of anilines is 1. The Labute approximate surface area is 121 Å². The van der Waals surface area contributed by atoms with Crippen LogP contribution in [0.1, 0.15) is 75.7 Å². The molecular weight excluding hydrogens is 253 g/mol. The van der Waals surface area contributed by atoms with E-state index in [2.05, 4.69) is 22.2 Å². The second-order valence-corrected chi connectivity index (χ2v) is 5.80. The second kappa shape index (κ2) is 7.55. The standard InChI is InChI=1S/C16H26FN3/c1-3-11-18-16-14(17)12(2)19-15(20-16)13-9-7-5-4-6-8-10-13/h13H,3-11H2,1-2H3,(H,18,19,20). The van der Waals surface area contributed by atoms with E-state index in [9.17, 15) is 4.39 Å². The minimum atomic E-state index is -0.298. The number of halogens is 1. The molecule has 0 amide bonds. The predicted molar refractivity (Wildman–Crippen MR) is 80.6 cm³/mol. The highest BCUT2D eigenvalue weighted by atomic mass is 19.1. The smallest absolute Gasteiger partial charge is 0.186 e. The maximum atomic E-state index is 14.0. The van der Waals surface area contributed by atoms with Gasteiger partial charge in [0.2, 0.25) is 0 Å². The van der Waals surface area contributed by atoms with E-state index < -0.39 is 0 Å². The summed E-state index contributed by atoms with van der Waals surface area (Å²) >= 11 is 0. The second-order valence-electron chi connectivity index (χ2n) is 5.80. The summed E-state index contributed by atoms with van der Waals surface area (Å²) in [6.45, 7) is 4.55. The molecule has 4 heteroatoms. The summed E-state index contributed by atoms with van der Waals surface area (Å²) in [7, 11) is 0. The van der Waals surface area contributed by atoms with E-state index in [4.69, 9.17) is 0 Å². The first-order valence-electron chi connectivity index (χ1n) is 8.00. The molecule has 1 fully saturated rings. The summed E-state index contributed by atoms with van der Waals surface area (Å²) in [6, 6.07) is 0. The van der Waals surface area contributed by atoms with E-state index >= 15 is 0 Å². The van der Waals surface area contributed by atoms with Gasteiger partial charge in [0.15, 0.2) is 11.6 Å². The van der Waals surface area contributed by atoms with Crippen LogP contribution in [0.3, 0.4) is 0 Å². The van der Waals surface area contributed by atoms with Crippen molar-refractivity contribution in [2.24, 2.45) is 0 Å². The Balaban J connectivity index is 2.18. The van der Waals surface area contributed by atoms with Gasteiger partial charge < -0.3 is 5.32 Å². The van der Waals surface area contributed by atoms with Gasteiger partial charge in [0.25, 0.3) is 0 Å². The fourth-order valence-electron chi connectivity index (χ4n) is 2.84. The molecule has 1 aliphatic carbocycles. The van der Waals surface area contributed by atoms with Gasteiger partial charge in [-0.05, 0) is 26.2 Å². The molecular formula is C16H26FN3. The van der Waals surface area contributed by atoms with Crippen LogP contribution in [-0.2, 0) is 0 Å². The molecule has 0 atom stereocenters.